The molecule has 0 spiro atoms. The van der Waals surface area contributed by atoms with Gasteiger partial charge in [-0.2, -0.15) is 0 Å². The summed E-state index contributed by atoms with van der Waals surface area (Å²) < 4.78 is 18.7. The molecule has 0 saturated heterocycles. The van der Waals surface area contributed by atoms with E-state index >= 15 is 0 Å². The molecule has 1 fully saturated rings. The van der Waals surface area contributed by atoms with Crippen molar-refractivity contribution in [3.63, 3.8) is 0 Å². The summed E-state index contributed by atoms with van der Waals surface area (Å²) in [4.78, 5) is 0. The predicted molar refractivity (Wildman–Crippen MR) is 78.8 cm³/mol. The Morgan fingerprint density at radius 3 is 2.22 bits per heavy atom. The van der Waals surface area contributed by atoms with Crippen LogP contribution in [0.1, 0.15) is 19.4 Å². The Morgan fingerprint density at radius 2 is 1.65 bits per heavy atom. The van der Waals surface area contributed by atoms with Crippen LogP contribution in [0, 0.1) is 11.2 Å². The third-order valence-corrected chi connectivity index (χ3v) is 5.05. The number of hydrogen-bond donors (Lipinski definition) is 5. The molecule has 0 heterocycles. The zero-order valence-corrected chi connectivity index (χ0v) is 13.1. The highest BCUT2D eigenvalue weighted by atomic mass is 19.1. The van der Waals surface area contributed by atoms with Crippen molar-refractivity contribution in [1.82, 2.24) is 0 Å². The molecule has 0 unspecified atom stereocenters. The van der Waals surface area contributed by atoms with Crippen molar-refractivity contribution in [3.8, 4) is 0 Å². The highest BCUT2D eigenvalue weighted by molar-refractivity contribution is 5.36. The Morgan fingerprint density at radius 1 is 1.09 bits per heavy atom. The molecule has 1 aliphatic carbocycles. The summed E-state index contributed by atoms with van der Waals surface area (Å²) in [5, 5.41) is 50.0. The molecule has 7 heteroatoms. The zero-order chi connectivity index (χ0) is 17.5. The Hall–Kier alpha value is -1.09. The largest absolute Gasteiger partial charge is 0.394 e. The van der Waals surface area contributed by atoms with Crippen LogP contribution in [-0.4, -0.2) is 62.2 Å². The van der Waals surface area contributed by atoms with Gasteiger partial charge in [0.25, 0.3) is 0 Å². The van der Waals surface area contributed by atoms with Gasteiger partial charge in [-0.3, -0.25) is 0 Å². The van der Waals surface area contributed by atoms with Crippen LogP contribution in [0.3, 0.4) is 0 Å². The van der Waals surface area contributed by atoms with E-state index in [2.05, 4.69) is 0 Å². The lowest BCUT2D eigenvalue weighted by atomic mass is 10.0. The van der Waals surface area contributed by atoms with E-state index in [0.29, 0.717) is 5.56 Å². The van der Waals surface area contributed by atoms with Gasteiger partial charge in [-0.05, 0) is 6.07 Å². The standard InChI is InChI=1S/C16H23FO6/c1-14(2)15(21,12(19)7-18)16(14,22)13(20)9-23-8-10-5-3-4-6-11(10)17/h3-6,12-13,18-22H,7-9H2,1-2H3/t12-,13-,15+,16+/m1/s1. The van der Waals surface area contributed by atoms with Gasteiger partial charge in [-0.15, -0.1) is 0 Å². The number of aliphatic hydroxyl groups is 5. The van der Waals surface area contributed by atoms with Crippen LogP contribution >= 0.6 is 0 Å². The van der Waals surface area contributed by atoms with Gasteiger partial charge < -0.3 is 30.3 Å². The lowest BCUT2D eigenvalue weighted by Crippen LogP contribution is -2.47. The number of benzene rings is 1. The van der Waals surface area contributed by atoms with Crippen LogP contribution < -0.4 is 0 Å². The molecule has 0 aliphatic heterocycles. The Bertz CT molecular complexity index is 565. The third kappa shape index (κ3) is 2.48. The summed E-state index contributed by atoms with van der Waals surface area (Å²) in [6, 6.07) is 6.00. The molecule has 1 aromatic carbocycles. The topological polar surface area (TPSA) is 110 Å². The van der Waals surface area contributed by atoms with Crippen molar-refractivity contribution in [2.45, 2.75) is 43.9 Å². The number of ether oxygens (including phenoxy) is 1. The quantitative estimate of drug-likeness (QED) is 0.464. The molecule has 1 saturated carbocycles. The first-order valence-electron chi connectivity index (χ1n) is 7.37. The normalized spacial score (nSPS) is 31.7. The molecule has 4 atom stereocenters. The van der Waals surface area contributed by atoms with Gasteiger partial charge in [0.2, 0.25) is 0 Å². The van der Waals surface area contributed by atoms with Gasteiger partial charge in [0.1, 0.15) is 29.2 Å². The van der Waals surface area contributed by atoms with E-state index < -0.39 is 41.2 Å². The monoisotopic (exact) mass is 330 g/mol. The minimum atomic E-state index is -2.06. The van der Waals surface area contributed by atoms with Crippen molar-refractivity contribution < 1.29 is 34.7 Å². The maximum atomic E-state index is 13.5. The van der Waals surface area contributed by atoms with Crippen LogP contribution in [-0.2, 0) is 11.3 Å². The molecular weight excluding hydrogens is 307 g/mol. The van der Waals surface area contributed by atoms with Gasteiger partial charge in [-0.25, -0.2) is 4.39 Å². The fourth-order valence-electron chi connectivity index (χ4n) is 3.39. The zero-order valence-electron chi connectivity index (χ0n) is 13.1. The highest BCUT2D eigenvalue weighted by Gasteiger charge is 2.87. The molecule has 0 aromatic heterocycles. The minimum Gasteiger partial charge on any atom is -0.394 e. The summed E-state index contributed by atoms with van der Waals surface area (Å²) in [7, 11) is 0. The van der Waals surface area contributed by atoms with Gasteiger partial charge in [0, 0.05) is 11.0 Å². The van der Waals surface area contributed by atoms with E-state index in [1.807, 2.05) is 0 Å². The minimum absolute atomic E-state index is 0.110. The molecule has 2 rings (SSSR count). The van der Waals surface area contributed by atoms with E-state index in [1.54, 1.807) is 12.1 Å². The first-order chi connectivity index (χ1) is 10.6. The lowest BCUT2D eigenvalue weighted by molar-refractivity contribution is -0.130. The second-order valence-electron chi connectivity index (χ2n) is 6.48. The number of hydrogen-bond acceptors (Lipinski definition) is 6. The number of rotatable bonds is 7. The van der Waals surface area contributed by atoms with Crippen LogP contribution in [0.5, 0.6) is 0 Å². The van der Waals surface area contributed by atoms with Crippen LogP contribution in [0.2, 0.25) is 0 Å². The van der Waals surface area contributed by atoms with E-state index in [1.165, 1.54) is 26.0 Å². The first kappa shape index (κ1) is 18.3. The molecule has 1 aliphatic rings. The number of halogens is 1. The van der Waals surface area contributed by atoms with Gasteiger partial charge in [0.05, 0.1) is 19.8 Å². The molecule has 130 valence electrons. The maximum absolute atomic E-state index is 13.5. The first-order valence-corrected chi connectivity index (χ1v) is 7.37. The molecule has 5 N–H and O–H groups in total. The van der Waals surface area contributed by atoms with Crippen LogP contribution in [0.15, 0.2) is 24.3 Å². The van der Waals surface area contributed by atoms with Crippen molar-refractivity contribution in [1.29, 1.82) is 0 Å². The average Bonchev–Trinajstić information content (AvgIpc) is 2.89. The van der Waals surface area contributed by atoms with Crippen LogP contribution in [0.4, 0.5) is 4.39 Å². The lowest BCUT2D eigenvalue weighted by Gasteiger charge is -2.24. The second kappa shape index (κ2) is 6.08. The summed E-state index contributed by atoms with van der Waals surface area (Å²) in [6.45, 7) is 1.69. The van der Waals surface area contributed by atoms with Gasteiger partial charge in [-0.1, -0.05) is 32.0 Å². The maximum Gasteiger partial charge on any atom is 0.133 e. The summed E-state index contributed by atoms with van der Waals surface area (Å²) in [6.07, 6.45) is -3.13. The Balaban J connectivity index is 2.01. The molecule has 23 heavy (non-hydrogen) atoms. The molecule has 0 bridgehead atoms. The molecule has 0 amide bonds. The van der Waals surface area contributed by atoms with Gasteiger partial charge in [0.15, 0.2) is 0 Å². The van der Waals surface area contributed by atoms with E-state index in [4.69, 9.17) is 9.84 Å². The second-order valence-corrected chi connectivity index (χ2v) is 6.48. The van der Waals surface area contributed by atoms with Crippen LogP contribution in [0.25, 0.3) is 0 Å². The Kier molecular flexibility index (Phi) is 4.83. The summed E-state index contributed by atoms with van der Waals surface area (Å²) in [5.41, 5.74) is -5.05. The Labute approximate surface area is 133 Å². The van der Waals surface area contributed by atoms with Crippen molar-refractivity contribution in [2.75, 3.05) is 13.2 Å². The van der Waals surface area contributed by atoms with E-state index in [9.17, 15) is 24.8 Å². The van der Waals surface area contributed by atoms with Crippen molar-refractivity contribution in [2.24, 2.45) is 5.41 Å². The van der Waals surface area contributed by atoms with E-state index in [0.717, 1.165) is 0 Å². The third-order valence-electron chi connectivity index (χ3n) is 5.05. The van der Waals surface area contributed by atoms with Gasteiger partial charge >= 0.3 is 0 Å². The molecule has 1 aromatic rings. The summed E-state index contributed by atoms with van der Waals surface area (Å²) >= 11 is 0. The fourth-order valence-corrected chi connectivity index (χ4v) is 3.39. The average molecular weight is 330 g/mol. The molecular formula is C16H23FO6. The number of aliphatic hydroxyl groups excluding tert-OH is 3. The van der Waals surface area contributed by atoms with Crippen molar-refractivity contribution >= 4 is 0 Å². The van der Waals surface area contributed by atoms with E-state index in [-0.39, 0.29) is 13.2 Å². The smallest absolute Gasteiger partial charge is 0.133 e. The summed E-state index contributed by atoms with van der Waals surface area (Å²) in [5.74, 6) is -0.445. The fraction of sp³-hybridized carbons (Fsp3) is 0.625. The molecule has 0 radical (unpaired) electrons. The predicted octanol–water partition coefficient (Wildman–Crippen LogP) is -0.442. The highest BCUT2D eigenvalue weighted by Crippen LogP contribution is 2.67. The SMILES string of the molecule is CC1(C)[C@@](O)([C@H](O)CO)[C@]1(O)[C@H](O)COCc1ccccc1F. The van der Waals surface area contributed by atoms with Crippen molar-refractivity contribution in [3.05, 3.63) is 35.6 Å². The molecule has 6 nitrogen and oxygen atoms in total.